The van der Waals surface area contributed by atoms with E-state index in [9.17, 15) is 18.3 Å². The second-order valence-corrected chi connectivity index (χ2v) is 4.71. The van der Waals surface area contributed by atoms with Gasteiger partial charge in [-0.3, -0.25) is 0 Å². The summed E-state index contributed by atoms with van der Waals surface area (Å²) >= 11 is 5.47. The summed E-state index contributed by atoms with van der Waals surface area (Å²) in [6.07, 6.45) is -4.32. The maximum Gasteiger partial charge on any atom is 0.417 e. The predicted molar refractivity (Wildman–Crippen MR) is 56.5 cm³/mol. The van der Waals surface area contributed by atoms with Crippen LogP contribution in [0.2, 0.25) is 5.02 Å². The predicted octanol–water partition coefficient (Wildman–Crippen LogP) is 3.67. The number of aliphatic hydroxyl groups is 1. The molecular formula is C11H12ClF3O. The molecule has 1 aromatic rings. The largest absolute Gasteiger partial charge is 0.417 e. The van der Waals surface area contributed by atoms with Crippen LogP contribution in [-0.4, -0.2) is 10.7 Å². The lowest BCUT2D eigenvalue weighted by atomic mass is 9.97. The number of benzene rings is 1. The smallest absolute Gasteiger partial charge is 0.390 e. The zero-order valence-electron chi connectivity index (χ0n) is 8.90. The lowest BCUT2D eigenvalue weighted by Crippen LogP contribution is -2.22. The number of halogens is 4. The molecule has 0 atom stereocenters. The molecular weight excluding hydrogens is 241 g/mol. The summed E-state index contributed by atoms with van der Waals surface area (Å²) in [5.74, 6) is 0. The van der Waals surface area contributed by atoms with E-state index in [0.717, 1.165) is 6.07 Å². The highest BCUT2D eigenvalue weighted by Gasteiger charge is 2.33. The van der Waals surface area contributed by atoms with Crippen molar-refractivity contribution in [2.45, 2.75) is 32.0 Å². The first-order valence-corrected chi connectivity index (χ1v) is 5.05. The van der Waals surface area contributed by atoms with Crippen molar-refractivity contribution in [2.24, 2.45) is 0 Å². The van der Waals surface area contributed by atoms with E-state index >= 15 is 0 Å². The van der Waals surface area contributed by atoms with Crippen LogP contribution in [-0.2, 0) is 12.6 Å². The molecule has 0 heterocycles. The van der Waals surface area contributed by atoms with Crippen molar-refractivity contribution >= 4 is 11.6 Å². The number of alkyl halides is 3. The van der Waals surface area contributed by atoms with Gasteiger partial charge in [0, 0.05) is 6.42 Å². The summed E-state index contributed by atoms with van der Waals surface area (Å²) in [5, 5.41) is 9.19. The standard InChI is InChI=1S/C11H12ClF3O/c1-10(2,16)6-7-3-4-9(12)8(5-7)11(13,14)15/h3-5,16H,6H2,1-2H3. The maximum atomic E-state index is 12.5. The normalized spacial score (nSPS) is 12.9. The Labute approximate surface area is 96.9 Å². The Kier molecular flexibility index (Phi) is 3.55. The van der Waals surface area contributed by atoms with Crippen LogP contribution in [0.5, 0.6) is 0 Å². The van der Waals surface area contributed by atoms with E-state index in [1.54, 1.807) is 0 Å². The molecule has 0 unspecified atom stereocenters. The Bertz CT molecular complexity index is 380. The van der Waals surface area contributed by atoms with Crippen molar-refractivity contribution in [1.29, 1.82) is 0 Å². The highest BCUT2D eigenvalue weighted by atomic mass is 35.5. The summed E-state index contributed by atoms with van der Waals surface area (Å²) in [7, 11) is 0. The molecule has 0 saturated heterocycles. The molecule has 0 bridgehead atoms. The molecule has 1 nitrogen and oxygen atoms in total. The van der Waals surface area contributed by atoms with Crippen molar-refractivity contribution in [3.63, 3.8) is 0 Å². The Balaban J connectivity index is 3.09. The first kappa shape index (κ1) is 13.3. The zero-order valence-corrected chi connectivity index (χ0v) is 9.65. The molecule has 1 rings (SSSR count). The topological polar surface area (TPSA) is 20.2 Å². The molecule has 0 aliphatic carbocycles. The van der Waals surface area contributed by atoms with E-state index in [1.165, 1.54) is 26.0 Å². The highest BCUT2D eigenvalue weighted by Crippen LogP contribution is 2.35. The van der Waals surface area contributed by atoms with Gasteiger partial charge in [-0.15, -0.1) is 0 Å². The van der Waals surface area contributed by atoms with Crippen LogP contribution >= 0.6 is 11.6 Å². The van der Waals surface area contributed by atoms with Crippen LogP contribution in [0.15, 0.2) is 18.2 Å². The SMILES string of the molecule is CC(C)(O)Cc1ccc(Cl)c(C(F)(F)F)c1. The van der Waals surface area contributed by atoms with Crippen LogP contribution < -0.4 is 0 Å². The van der Waals surface area contributed by atoms with Gasteiger partial charge in [0.1, 0.15) is 0 Å². The molecule has 0 aromatic heterocycles. The number of rotatable bonds is 2. The third-order valence-electron chi connectivity index (χ3n) is 1.97. The molecule has 0 saturated carbocycles. The Hall–Kier alpha value is -0.740. The monoisotopic (exact) mass is 252 g/mol. The van der Waals surface area contributed by atoms with Crippen LogP contribution in [0.4, 0.5) is 13.2 Å². The third-order valence-corrected chi connectivity index (χ3v) is 2.30. The van der Waals surface area contributed by atoms with Crippen molar-refractivity contribution < 1.29 is 18.3 Å². The average molecular weight is 253 g/mol. The number of hydrogen-bond acceptors (Lipinski definition) is 1. The quantitative estimate of drug-likeness (QED) is 0.851. The number of hydrogen-bond donors (Lipinski definition) is 1. The van der Waals surface area contributed by atoms with Crippen molar-refractivity contribution in [1.82, 2.24) is 0 Å². The maximum absolute atomic E-state index is 12.5. The first-order chi connectivity index (χ1) is 7.09. The second kappa shape index (κ2) is 4.26. The molecule has 0 radical (unpaired) electrons. The van der Waals surface area contributed by atoms with E-state index in [-0.39, 0.29) is 11.4 Å². The molecule has 0 aliphatic heterocycles. The summed E-state index contributed by atoms with van der Waals surface area (Å²) in [5.41, 5.74) is -1.50. The van der Waals surface area contributed by atoms with Gasteiger partial charge in [-0.2, -0.15) is 13.2 Å². The molecule has 5 heteroatoms. The minimum atomic E-state index is -4.47. The lowest BCUT2D eigenvalue weighted by molar-refractivity contribution is -0.137. The Morgan fingerprint density at radius 3 is 2.25 bits per heavy atom. The van der Waals surface area contributed by atoms with Gasteiger partial charge in [0.15, 0.2) is 0 Å². The molecule has 0 fully saturated rings. The van der Waals surface area contributed by atoms with Crippen LogP contribution in [0.25, 0.3) is 0 Å². The van der Waals surface area contributed by atoms with Crippen molar-refractivity contribution in [2.75, 3.05) is 0 Å². The van der Waals surface area contributed by atoms with E-state index in [1.807, 2.05) is 0 Å². The minimum Gasteiger partial charge on any atom is -0.390 e. The van der Waals surface area contributed by atoms with E-state index in [2.05, 4.69) is 0 Å². The highest BCUT2D eigenvalue weighted by molar-refractivity contribution is 6.31. The molecule has 0 spiro atoms. The lowest BCUT2D eigenvalue weighted by Gasteiger charge is -2.18. The van der Waals surface area contributed by atoms with Crippen molar-refractivity contribution in [3.05, 3.63) is 34.3 Å². The summed E-state index contributed by atoms with van der Waals surface area (Å²) in [6.45, 7) is 3.07. The van der Waals surface area contributed by atoms with E-state index in [4.69, 9.17) is 11.6 Å². The molecule has 1 aromatic carbocycles. The fourth-order valence-corrected chi connectivity index (χ4v) is 1.62. The first-order valence-electron chi connectivity index (χ1n) is 4.67. The van der Waals surface area contributed by atoms with Gasteiger partial charge in [0.05, 0.1) is 16.2 Å². The summed E-state index contributed by atoms with van der Waals surface area (Å²) < 4.78 is 37.5. The fourth-order valence-electron chi connectivity index (χ4n) is 1.40. The zero-order chi connectivity index (χ0) is 12.6. The van der Waals surface area contributed by atoms with Gasteiger partial charge < -0.3 is 5.11 Å². The van der Waals surface area contributed by atoms with E-state index in [0.29, 0.717) is 5.56 Å². The van der Waals surface area contributed by atoms with Gasteiger partial charge in [-0.1, -0.05) is 17.7 Å². The fraction of sp³-hybridized carbons (Fsp3) is 0.455. The molecule has 0 amide bonds. The van der Waals surface area contributed by atoms with Gasteiger partial charge in [-0.25, -0.2) is 0 Å². The Morgan fingerprint density at radius 2 is 1.81 bits per heavy atom. The molecule has 16 heavy (non-hydrogen) atoms. The van der Waals surface area contributed by atoms with Gasteiger partial charge in [-0.05, 0) is 31.5 Å². The minimum absolute atomic E-state index is 0.146. The molecule has 1 N–H and O–H groups in total. The third kappa shape index (κ3) is 3.68. The van der Waals surface area contributed by atoms with E-state index < -0.39 is 17.3 Å². The van der Waals surface area contributed by atoms with Crippen molar-refractivity contribution in [3.8, 4) is 0 Å². The van der Waals surface area contributed by atoms with Gasteiger partial charge in [0.25, 0.3) is 0 Å². The summed E-state index contributed by atoms with van der Waals surface area (Å²) in [6, 6.07) is 3.65. The van der Waals surface area contributed by atoms with Gasteiger partial charge >= 0.3 is 6.18 Å². The Morgan fingerprint density at radius 1 is 1.25 bits per heavy atom. The second-order valence-electron chi connectivity index (χ2n) is 4.30. The van der Waals surface area contributed by atoms with Crippen LogP contribution in [0.1, 0.15) is 25.0 Å². The molecule has 90 valence electrons. The molecule has 0 aliphatic rings. The van der Waals surface area contributed by atoms with Gasteiger partial charge in [0.2, 0.25) is 0 Å². The average Bonchev–Trinajstić information content (AvgIpc) is 2.04. The summed E-state index contributed by atoms with van der Waals surface area (Å²) in [4.78, 5) is 0. The van der Waals surface area contributed by atoms with Crippen LogP contribution in [0, 0.1) is 0 Å². The van der Waals surface area contributed by atoms with Crippen LogP contribution in [0.3, 0.4) is 0 Å².